The fourth-order valence-electron chi connectivity index (χ4n) is 2.15. The Hall–Kier alpha value is -1.31. The van der Waals surface area contributed by atoms with Crippen LogP contribution in [0.2, 0.25) is 0 Å². The molecule has 3 nitrogen and oxygen atoms in total. The number of carbonyl (C=O) groups excluding carboxylic acids is 1. The van der Waals surface area contributed by atoms with Crippen LogP contribution in [0, 0.1) is 17.8 Å². The van der Waals surface area contributed by atoms with Crippen LogP contribution in [-0.2, 0) is 0 Å². The largest absolute Gasteiger partial charge is 0.395 e. The summed E-state index contributed by atoms with van der Waals surface area (Å²) < 4.78 is 0. The fraction of sp³-hybridized carbons (Fsp3) is 0.533. The molecule has 2 unspecified atom stereocenters. The Bertz CT molecular complexity index is 498. The van der Waals surface area contributed by atoms with Crippen LogP contribution in [0.1, 0.15) is 47.8 Å². The molecule has 1 heterocycles. The van der Waals surface area contributed by atoms with Gasteiger partial charge in [-0.1, -0.05) is 25.2 Å². The third kappa shape index (κ3) is 3.82. The van der Waals surface area contributed by atoms with E-state index >= 15 is 0 Å². The van der Waals surface area contributed by atoms with Crippen LogP contribution in [-0.4, -0.2) is 23.7 Å². The lowest BCUT2D eigenvalue weighted by Gasteiger charge is -2.03. The van der Waals surface area contributed by atoms with Gasteiger partial charge in [0.1, 0.15) is 4.88 Å². The summed E-state index contributed by atoms with van der Waals surface area (Å²) in [6.07, 6.45) is 3.92. The first kappa shape index (κ1) is 14.1. The van der Waals surface area contributed by atoms with Gasteiger partial charge in [0.25, 0.3) is 5.91 Å². The van der Waals surface area contributed by atoms with Crippen molar-refractivity contribution in [3.8, 4) is 11.8 Å². The third-order valence-electron chi connectivity index (χ3n) is 3.23. The first-order valence-electron chi connectivity index (χ1n) is 6.74. The zero-order chi connectivity index (χ0) is 13.7. The average molecular weight is 277 g/mol. The molecule has 1 aliphatic carbocycles. The maximum Gasteiger partial charge on any atom is 0.262 e. The molecule has 102 valence electrons. The Labute approximate surface area is 118 Å². The number of hydrogen-bond donors (Lipinski definition) is 2. The number of carbonyl (C=O) groups is 1. The second kappa shape index (κ2) is 6.74. The van der Waals surface area contributed by atoms with E-state index in [2.05, 4.69) is 24.1 Å². The summed E-state index contributed by atoms with van der Waals surface area (Å²) in [5.74, 6) is 6.46. The molecule has 0 radical (unpaired) electrons. The highest BCUT2D eigenvalue weighted by molar-refractivity contribution is 7.12. The number of hydrogen-bond acceptors (Lipinski definition) is 3. The molecule has 1 aromatic heterocycles. The van der Waals surface area contributed by atoms with Crippen molar-refractivity contribution in [2.75, 3.05) is 6.61 Å². The maximum absolute atomic E-state index is 12.1. The lowest BCUT2D eigenvalue weighted by molar-refractivity contribution is 0.0952. The number of amides is 1. The van der Waals surface area contributed by atoms with Crippen LogP contribution in [0.4, 0.5) is 0 Å². The van der Waals surface area contributed by atoms with Gasteiger partial charge < -0.3 is 10.4 Å². The molecule has 0 aliphatic heterocycles. The number of rotatable bonds is 5. The Kier molecular flexibility index (Phi) is 5.00. The Balaban J connectivity index is 1.93. The summed E-state index contributed by atoms with van der Waals surface area (Å²) in [6.45, 7) is 2.23. The molecule has 1 aromatic rings. The third-order valence-corrected chi connectivity index (χ3v) is 4.14. The highest BCUT2D eigenvalue weighted by Crippen LogP contribution is 2.35. The SMILES string of the molecule is CCCC1CC1NC(=O)c1sccc1C#CCCO. The normalized spacial score (nSPS) is 20.5. The van der Waals surface area contributed by atoms with Crippen LogP contribution >= 0.6 is 11.3 Å². The minimum atomic E-state index is -0.00750. The van der Waals surface area contributed by atoms with Crippen LogP contribution in [0.3, 0.4) is 0 Å². The molecule has 0 spiro atoms. The highest BCUT2D eigenvalue weighted by Gasteiger charge is 2.37. The topological polar surface area (TPSA) is 49.3 Å². The molecule has 1 aliphatic rings. The van der Waals surface area contributed by atoms with E-state index in [9.17, 15) is 4.79 Å². The van der Waals surface area contributed by atoms with E-state index in [1.807, 2.05) is 11.4 Å². The smallest absolute Gasteiger partial charge is 0.262 e. The van der Waals surface area contributed by atoms with Gasteiger partial charge in [0.15, 0.2) is 0 Å². The molecular formula is C15H19NO2S. The standard InChI is InChI=1S/C15H19NO2S/c1-2-5-12-10-13(12)16-15(18)14-11(7-9-19-14)6-3-4-8-17/h7,9,12-13,17H,2,4-5,8,10H2,1H3,(H,16,18). The molecule has 2 N–H and O–H groups in total. The Morgan fingerprint density at radius 1 is 1.63 bits per heavy atom. The van der Waals surface area contributed by atoms with Gasteiger partial charge in [0.2, 0.25) is 0 Å². The summed E-state index contributed by atoms with van der Waals surface area (Å²) in [6, 6.07) is 2.22. The molecule has 1 saturated carbocycles. The van der Waals surface area contributed by atoms with Gasteiger partial charge in [-0.15, -0.1) is 11.3 Å². The number of aliphatic hydroxyl groups is 1. The second-order valence-electron chi connectivity index (χ2n) is 4.80. The highest BCUT2D eigenvalue weighted by atomic mass is 32.1. The maximum atomic E-state index is 12.1. The molecule has 1 fully saturated rings. The average Bonchev–Trinajstić information content (AvgIpc) is 2.94. The van der Waals surface area contributed by atoms with E-state index in [1.54, 1.807) is 0 Å². The van der Waals surface area contributed by atoms with E-state index in [0.717, 1.165) is 12.0 Å². The van der Waals surface area contributed by atoms with E-state index in [-0.39, 0.29) is 12.5 Å². The molecule has 2 rings (SSSR count). The van der Waals surface area contributed by atoms with Gasteiger partial charge in [0, 0.05) is 18.0 Å². The van der Waals surface area contributed by atoms with Gasteiger partial charge >= 0.3 is 0 Å². The van der Waals surface area contributed by atoms with Crippen LogP contribution in [0.15, 0.2) is 11.4 Å². The van der Waals surface area contributed by atoms with Crippen LogP contribution in [0.25, 0.3) is 0 Å². The molecule has 1 amide bonds. The number of thiophene rings is 1. The predicted octanol–water partition coefficient (Wildman–Crippen LogP) is 2.40. The fourth-order valence-corrected chi connectivity index (χ4v) is 2.90. The number of nitrogens with one attached hydrogen (secondary N) is 1. The van der Waals surface area contributed by atoms with Crippen LogP contribution < -0.4 is 5.32 Å². The Morgan fingerprint density at radius 3 is 3.21 bits per heavy atom. The summed E-state index contributed by atoms with van der Waals surface area (Å²) in [4.78, 5) is 12.8. The first-order chi connectivity index (χ1) is 9.26. The monoisotopic (exact) mass is 277 g/mol. The minimum Gasteiger partial charge on any atom is -0.395 e. The first-order valence-corrected chi connectivity index (χ1v) is 7.62. The van der Waals surface area contributed by atoms with Crippen molar-refractivity contribution in [1.82, 2.24) is 5.32 Å². The van der Waals surface area contributed by atoms with Gasteiger partial charge in [-0.2, -0.15) is 0 Å². The van der Waals surface area contributed by atoms with Gasteiger partial charge in [-0.25, -0.2) is 0 Å². The summed E-state index contributed by atoms with van der Waals surface area (Å²) >= 11 is 1.42. The molecule has 4 heteroatoms. The molecule has 0 aromatic carbocycles. The van der Waals surface area contributed by atoms with E-state index in [4.69, 9.17) is 5.11 Å². The van der Waals surface area contributed by atoms with Crippen molar-refractivity contribution in [3.63, 3.8) is 0 Å². The quantitative estimate of drug-likeness (QED) is 0.812. The van der Waals surface area contributed by atoms with Crippen molar-refractivity contribution < 1.29 is 9.90 Å². The predicted molar refractivity (Wildman–Crippen MR) is 77.2 cm³/mol. The van der Waals surface area contributed by atoms with E-state index < -0.39 is 0 Å². The summed E-state index contributed by atoms with van der Waals surface area (Å²) in [5, 5.41) is 13.7. The van der Waals surface area contributed by atoms with Crippen molar-refractivity contribution >= 4 is 17.2 Å². The van der Waals surface area contributed by atoms with Gasteiger partial charge in [-0.3, -0.25) is 4.79 Å². The Morgan fingerprint density at radius 2 is 2.47 bits per heavy atom. The van der Waals surface area contributed by atoms with Crippen LogP contribution in [0.5, 0.6) is 0 Å². The van der Waals surface area contributed by atoms with E-state index in [1.165, 1.54) is 24.2 Å². The minimum absolute atomic E-state index is 0.00750. The lowest BCUT2D eigenvalue weighted by atomic mass is 10.2. The molecule has 0 bridgehead atoms. The summed E-state index contributed by atoms with van der Waals surface area (Å²) in [7, 11) is 0. The molecule has 2 atom stereocenters. The zero-order valence-corrected chi connectivity index (χ0v) is 11.9. The van der Waals surface area contributed by atoms with Crippen molar-refractivity contribution in [3.05, 3.63) is 21.9 Å². The van der Waals surface area contributed by atoms with Gasteiger partial charge in [0.05, 0.1) is 6.61 Å². The molecular weight excluding hydrogens is 258 g/mol. The lowest BCUT2D eigenvalue weighted by Crippen LogP contribution is -2.26. The van der Waals surface area contributed by atoms with Gasteiger partial charge in [-0.05, 0) is 30.2 Å². The van der Waals surface area contributed by atoms with E-state index in [0.29, 0.717) is 23.3 Å². The summed E-state index contributed by atoms with van der Waals surface area (Å²) in [5.41, 5.74) is 0.767. The zero-order valence-electron chi connectivity index (χ0n) is 11.1. The van der Waals surface area contributed by atoms with Crippen molar-refractivity contribution in [1.29, 1.82) is 0 Å². The molecule has 0 saturated heterocycles. The van der Waals surface area contributed by atoms with Crippen molar-refractivity contribution in [2.45, 2.75) is 38.6 Å². The van der Waals surface area contributed by atoms with Crippen molar-refractivity contribution in [2.24, 2.45) is 5.92 Å². The second-order valence-corrected chi connectivity index (χ2v) is 5.72. The molecule has 19 heavy (non-hydrogen) atoms. The number of aliphatic hydroxyl groups excluding tert-OH is 1.